The normalized spacial score (nSPS) is 10.8. The first kappa shape index (κ1) is 18.0. The number of aromatic nitrogens is 2. The number of methoxy groups -OCH3 is 1. The van der Waals surface area contributed by atoms with Gasteiger partial charge in [-0.3, -0.25) is 4.79 Å². The quantitative estimate of drug-likeness (QED) is 0.521. The third kappa shape index (κ3) is 3.30. The molecule has 0 saturated heterocycles. The summed E-state index contributed by atoms with van der Waals surface area (Å²) in [7, 11) is 1.53. The lowest BCUT2D eigenvalue weighted by Crippen LogP contribution is -2.13. The number of ether oxygens (including phenoxy) is 1. The van der Waals surface area contributed by atoms with E-state index < -0.39 is 0 Å². The van der Waals surface area contributed by atoms with Crippen molar-refractivity contribution in [3.8, 4) is 17.2 Å². The summed E-state index contributed by atoms with van der Waals surface area (Å²) in [6.45, 7) is 1.90. The summed E-state index contributed by atoms with van der Waals surface area (Å²) in [4.78, 5) is 21.3. The molecule has 0 saturated carbocycles. The lowest BCUT2D eigenvalue weighted by molar-refractivity contribution is 0.102. The van der Waals surface area contributed by atoms with Crippen LogP contribution in [0.15, 0.2) is 59.1 Å². The summed E-state index contributed by atoms with van der Waals surface area (Å²) < 4.78 is 10.9. The molecule has 0 aliphatic rings. The minimum Gasteiger partial charge on any atom is -0.495 e. The van der Waals surface area contributed by atoms with Crippen LogP contribution < -0.4 is 10.1 Å². The lowest BCUT2D eigenvalue weighted by Gasteiger charge is -2.11. The first-order valence-corrected chi connectivity index (χ1v) is 8.91. The summed E-state index contributed by atoms with van der Waals surface area (Å²) in [6, 6.07) is 14.0. The highest BCUT2D eigenvalue weighted by molar-refractivity contribution is 6.32. The molecule has 2 aromatic carbocycles. The number of benzene rings is 2. The molecule has 0 fully saturated rings. The molecule has 0 atom stereocenters. The number of carbonyl (C=O) groups is 1. The van der Waals surface area contributed by atoms with Crippen LogP contribution in [0.4, 0.5) is 5.69 Å². The van der Waals surface area contributed by atoms with E-state index in [9.17, 15) is 4.79 Å². The summed E-state index contributed by atoms with van der Waals surface area (Å²) >= 11 is 6.12. The van der Waals surface area contributed by atoms with E-state index in [1.807, 2.05) is 31.2 Å². The topological polar surface area (TPSA) is 77.2 Å². The number of oxazole rings is 1. The van der Waals surface area contributed by atoms with Gasteiger partial charge in [0.1, 0.15) is 5.75 Å². The molecule has 4 aromatic rings. The Morgan fingerprint density at radius 1 is 1.18 bits per heavy atom. The Kier molecular flexibility index (Phi) is 4.71. The summed E-state index contributed by atoms with van der Waals surface area (Å²) in [5, 5.41) is 3.29. The molecule has 0 unspecified atom stereocenters. The van der Waals surface area contributed by atoms with E-state index in [-0.39, 0.29) is 5.91 Å². The largest absolute Gasteiger partial charge is 0.495 e. The first-order chi connectivity index (χ1) is 13.6. The van der Waals surface area contributed by atoms with Gasteiger partial charge < -0.3 is 14.5 Å². The van der Waals surface area contributed by atoms with Crippen LogP contribution in [-0.4, -0.2) is 23.0 Å². The molecule has 0 spiro atoms. The number of halogens is 1. The molecule has 0 bridgehead atoms. The Bertz CT molecular complexity index is 1150. The molecule has 140 valence electrons. The fraction of sp³-hybridized carbons (Fsp3) is 0.0952. The van der Waals surface area contributed by atoms with E-state index in [0.29, 0.717) is 39.1 Å². The number of carbonyl (C=O) groups excluding carboxylic acids is 1. The number of nitrogens with zero attached hydrogens (tertiary/aromatic N) is 2. The summed E-state index contributed by atoms with van der Waals surface area (Å²) in [5.41, 5.74) is 3.86. The number of pyridine rings is 1. The molecule has 2 heterocycles. The second-order valence-electron chi connectivity index (χ2n) is 6.13. The average Bonchev–Trinajstić information content (AvgIpc) is 3.13. The second-order valence-corrected chi connectivity index (χ2v) is 6.53. The Labute approximate surface area is 166 Å². The zero-order valence-electron chi connectivity index (χ0n) is 15.2. The van der Waals surface area contributed by atoms with Crippen molar-refractivity contribution >= 4 is 34.4 Å². The maximum atomic E-state index is 12.6. The Hall–Kier alpha value is -3.38. The number of hydrogen-bond acceptors (Lipinski definition) is 5. The molecule has 0 radical (unpaired) electrons. The van der Waals surface area contributed by atoms with Gasteiger partial charge in [-0.15, -0.1) is 0 Å². The smallest absolute Gasteiger partial charge is 0.255 e. The van der Waals surface area contributed by atoms with Gasteiger partial charge in [-0.05, 0) is 55.0 Å². The predicted octanol–water partition coefficient (Wildman–Crippen LogP) is 5.11. The predicted molar refractivity (Wildman–Crippen MR) is 108 cm³/mol. The van der Waals surface area contributed by atoms with Crippen LogP contribution in [0.1, 0.15) is 15.9 Å². The van der Waals surface area contributed by atoms with Gasteiger partial charge in [0, 0.05) is 23.0 Å². The van der Waals surface area contributed by atoms with E-state index in [0.717, 1.165) is 11.1 Å². The highest BCUT2D eigenvalue weighted by atomic mass is 35.5. The highest BCUT2D eigenvalue weighted by Gasteiger charge is 2.15. The average molecular weight is 394 g/mol. The third-order valence-corrected chi connectivity index (χ3v) is 4.69. The standard InChI is InChI=1S/C21H16ClN3O3/c1-12-14(21-25-19-18(28-21)7-4-10-23-19)5-3-6-16(12)24-20(26)13-8-9-17(27-2)15(22)11-13/h3-11H,1-2H3,(H,24,26). The van der Waals surface area contributed by atoms with Gasteiger partial charge >= 0.3 is 0 Å². The maximum absolute atomic E-state index is 12.6. The van der Waals surface area contributed by atoms with Crippen molar-refractivity contribution in [1.82, 2.24) is 9.97 Å². The number of fused-ring (bicyclic) bond motifs is 1. The van der Waals surface area contributed by atoms with Gasteiger partial charge in [-0.2, -0.15) is 4.98 Å². The van der Waals surface area contributed by atoms with Gasteiger partial charge in [0.2, 0.25) is 5.89 Å². The van der Waals surface area contributed by atoms with E-state index in [4.69, 9.17) is 20.8 Å². The molecule has 2 aromatic heterocycles. The number of hydrogen-bond donors (Lipinski definition) is 1. The monoisotopic (exact) mass is 393 g/mol. The lowest BCUT2D eigenvalue weighted by atomic mass is 10.1. The van der Waals surface area contributed by atoms with E-state index in [1.165, 1.54) is 7.11 Å². The molecule has 6 nitrogen and oxygen atoms in total. The van der Waals surface area contributed by atoms with Crippen molar-refractivity contribution < 1.29 is 13.9 Å². The molecule has 1 N–H and O–H groups in total. The maximum Gasteiger partial charge on any atom is 0.255 e. The van der Waals surface area contributed by atoms with Crippen LogP contribution in [0.2, 0.25) is 5.02 Å². The molecule has 4 rings (SSSR count). The molecule has 0 aliphatic heterocycles. The Morgan fingerprint density at radius 3 is 2.79 bits per heavy atom. The Balaban J connectivity index is 1.65. The van der Waals surface area contributed by atoms with Crippen LogP contribution >= 0.6 is 11.6 Å². The van der Waals surface area contributed by atoms with E-state index in [1.54, 1.807) is 30.5 Å². The van der Waals surface area contributed by atoms with Crippen molar-refractivity contribution in [2.45, 2.75) is 6.92 Å². The molecule has 0 aliphatic carbocycles. The third-order valence-electron chi connectivity index (χ3n) is 4.39. The van der Waals surface area contributed by atoms with Crippen LogP contribution in [0.3, 0.4) is 0 Å². The van der Waals surface area contributed by atoms with Crippen molar-refractivity contribution in [3.05, 3.63) is 70.9 Å². The SMILES string of the molecule is COc1ccc(C(=O)Nc2cccc(-c3nc4ncccc4o3)c2C)cc1Cl. The number of amides is 1. The minimum absolute atomic E-state index is 0.274. The Morgan fingerprint density at radius 2 is 2.04 bits per heavy atom. The van der Waals surface area contributed by atoms with Crippen LogP contribution in [-0.2, 0) is 0 Å². The number of rotatable bonds is 4. The molecule has 1 amide bonds. The fourth-order valence-corrected chi connectivity index (χ4v) is 3.15. The van der Waals surface area contributed by atoms with Crippen molar-refractivity contribution in [3.63, 3.8) is 0 Å². The number of nitrogens with one attached hydrogen (secondary N) is 1. The summed E-state index contributed by atoms with van der Waals surface area (Å²) in [6.07, 6.45) is 1.66. The van der Waals surface area contributed by atoms with Crippen molar-refractivity contribution in [2.75, 3.05) is 12.4 Å². The fourth-order valence-electron chi connectivity index (χ4n) is 2.89. The van der Waals surface area contributed by atoms with Gasteiger partial charge in [0.15, 0.2) is 11.2 Å². The molecular weight excluding hydrogens is 378 g/mol. The van der Waals surface area contributed by atoms with Crippen molar-refractivity contribution in [2.24, 2.45) is 0 Å². The highest BCUT2D eigenvalue weighted by Crippen LogP contribution is 2.31. The molecular formula is C21H16ClN3O3. The first-order valence-electron chi connectivity index (χ1n) is 8.53. The number of anilines is 1. The minimum atomic E-state index is -0.274. The van der Waals surface area contributed by atoms with E-state index >= 15 is 0 Å². The van der Waals surface area contributed by atoms with Gasteiger partial charge in [-0.1, -0.05) is 17.7 Å². The second kappa shape index (κ2) is 7.32. The molecule has 28 heavy (non-hydrogen) atoms. The summed E-state index contributed by atoms with van der Waals surface area (Å²) in [5.74, 6) is 0.694. The van der Waals surface area contributed by atoms with Gasteiger partial charge in [0.25, 0.3) is 5.91 Å². The van der Waals surface area contributed by atoms with Gasteiger partial charge in [-0.25, -0.2) is 4.98 Å². The van der Waals surface area contributed by atoms with Gasteiger partial charge in [0.05, 0.1) is 12.1 Å². The van der Waals surface area contributed by atoms with E-state index in [2.05, 4.69) is 15.3 Å². The van der Waals surface area contributed by atoms with Crippen molar-refractivity contribution in [1.29, 1.82) is 0 Å². The zero-order valence-corrected chi connectivity index (χ0v) is 15.9. The van der Waals surface area contributed by atoms with Crippen LogP contribution in [0.5, 0.6) is 5.75 Å². The van der Waals surface area contributed by atoms with Crippen LogP contribution in [0.25, 0.3) is 22.7 Å². The van der Waals surface area contributed by atoms with Crippen LogP contribution in [0, 0.1) is 6.92 Å². The molecule has 7 heteroatoms. The zero-order chi connectivity index (χ0) is 19.7.